The van der Waals surface area contributed by atoms with Crippen LogP contribution in [0.3, 0.4) is 0 Å². The van der Waals surface area contributed by atoms with Crippen molar-refractivity contribution in [3.63, 3.8) is 0 Å². The van der Waals surface area contributed by atoms with Gasteiger partial charge in [-0.05, 0) is 60.7 Å². The SMILES string of the molecule is Clc1cnccn1.FC(F)(F)c1nc(-c2ccc(CBr)s2)no1.FC(F)(F)c1nc(-c2ccc(CN(c3cccnc3)c3cnccn3)s2)no1.Nc1ccccn1.c1cncc(Nc2cnccn2)c1. The van der Waals surface area contributed by atoms with Crippen molar-refractivity contribution in [1.82, 2.24) is 65.1 Å². The Hall–Kier alpha value is -7.88. The lowest BCUT2D eigenvalue weighted by Gasteiger charge is -2.22. The summed E-state index contributed by atoms with van der Waals surface area (Å²) in [6, 6.07) is 19.8. The van der Waals surface area contributed by atoms with E-state index in [0.29, 0.717) is 38.4 Å². The molecule has 10 rings (SSSR count). The minimum atomic E-state index is -4.67. The third-order valence-electron chi connectivity index (χ3n) is 8.05. The van der Waals surface area contributed by atoms with Crippen molar-refractivity contribution < 1.29 is 35.4 Å². The van der Waals surface area contributed by atoms with Crippen LogP contribution >= 0.6 is 50.2 Å². The molecule has 10 aromatic heterocycles. The number of halogens is 8. The topological polar surface area (TPSA) is 235 Å². The lowest BCUT2D eigenvalue weighted by atomic mass is 10.3. The molecule has 0 bridgehead atoms. The predicted molar refractivity (Wildman–Crippen MR) is 255 cm³/mol. The van der Waals surface area contributed by atoms with Gasteiger partial charge < -0.3 is 25.0 Å². The van der Waals surface area contributed by atoms with E-state index in [0.717, 1.165) is 26.9 Å². The zero-order valence-electron chi connectivity index (χ0n) is 35.8. The summed E-state index contributed by atoms with van der Waals surface area (Å²) in [4.78, 5) is 47.1. The fourth-order valence-corrected chi connectivity index (χ4v) is 7.39. The Morgan fingerprint density at radius 3 is 1.62 bits per heavy atom. The van der Waals surface area contributed by atoms with E-state index < -0.39 is 24.1 Å². The second-order valence-electron chi connectivity index (χ2n) is 13.1. The molecular formula is C43H32BrClF6N16O2S2. The van der Waals surface area contributed by atoms with Crippen molar-refractivity contribution in [2.45, 2.75) is 24.2 Å². The van der Waals surface area contributed by atoms with Gasteiger partial charge in [-0.1, -0.05) is 43.9 Å². The van der Waals surface area contributed by atoms with Gasteiger partial charge in [-0.3, -0.25) is 24.9 Å². The number of thiophene rings is 2. The van der Waals surface area contributed by atoms with Crippen LogP contribution in [0.4, 0.5) is 55.2 Å². The van der Waals surface area contributed by atoms with Crippen LogP contribution < -0.4 is 16.0 Å². The van der Waals surface area contributed by atoms with E-state index in [-0.39, 0.29) is 11.6 Å². The number of pyridine rings is 3. The Kier molecular flexibility index (Phi) is 19.4. The van der Waals surface area contributed by atoms with E-state index in [9.17, 15) is 26.3 Å². The molecule has 0 unspecified atom stereocenters. The van der Waals surface area contributed by atoms with Crippen molar-refractivity contribution in [2.24, 2.45) is 0 Å². The Balaban J connectivity index is 0.000000162. The molecule has 3 N–H and O–H groups in total. The first-order valence-electron chi connectivity index (χ1n) is 19.8. The molecule has 10 aromatic rings. The van der Waals surface area contributed by atoms with Gasteiger partial charge in [0.1, 0.15) is 16.8 Å². The fraction of sp³-hybridized carbons (Fsp3) is 0.0930. The van der Waals surface area contributed by atoms with Crippen molar-refractivity contribution in [3.05, 3.63) is 180 Å². The summed E-state index contributed by atoms with van der Waals surface area (Å²) in [7, 11) is 0. The van der Waals surface area contributed by atoms with E-state index in [2.05, 4.69) is 95.4 Å². The summed E-state index contributed by atoms with van der Waals surface area (Å²) >= 11 is 11.2. The largest absolute Gasteiger partial charge is 0.471 e. The maximum absolute atomic E-state index is 12.7. The molecule has 0 saturated carbocycles. The molecule has 0 spiro atoms. The number of nitrogens with zero attached hydrogens (tertiary/aromatic N) is 14. The van der Waals surface area contributed by atoms with Gasteiger partial charge in [-0.25, -0.2) is 19.9 Å². The molecule has 0 radical (unpaired) electrons. The first-order valence-corrected chi connectivity index (χ1v) is 22.9. The van der Waals surface area contributed by atoms with Crippen LogP contribution in [0.5, 0.6) is 0 Å². The zero-order valence-corrected chi connectivity index (χ0v) is 39.8. The molecule has 0 saturated heterocycles. The highest BCUT2D eigenvalue weighted by Crippen LogP contribution is 2.34. The molecule has 28 heteroatoms. The standard InChI is InChI=1S/C17H11F3N6OS.C9H8N4.C8H4BrF3N2OS.C5H6N2.C4H3ClN2/c18-17(19,20)16-24-15(25-27-16)13-4-3-12(28-13)10-26(11-2-1-5-21-8-11)14-9-22-6-7-23-14;1-2-8(6-10-3-1)13-9-7-11-4-5-12-9;9-3-4-1-2-5(16-4)6-13-7(15-14-6)8(10,11)12;6-5-3-1-2-4-7-5;5-4-3-6-1-2-7-4/h1-9H,10H2;1-7H,(H,12,13);1-2H,3H2;1-4H,(H2,6,7);1-3H. The monoisotopic (exact) mass is 1100 g/mol. The van der Waals surface area contributed by atoms with Gasteiger partial charge in [-0.15, -0.1) is 22.7 Å². The number of aromatic nitrogens is 13. The maximum Gasteiger partial charge on any atom is 0.471 e. The van der Waals surface area contributed by atoms with Crippen molar-refractivity contribution in [1.29, 1.82) is 0 Å². The van der Waals surface area contributed by atoms with E-state index in [4.69, 9.17) is 17.3 Å². The van der Waals surface area contributed by atoms with Crippen molar-refractivity contribution >= 4 is 79.0 Å². The zero-order chi connectivity index (χ0) is 50.5. The van der Waals surface area contributed by atoms with E-state index in [1.807, 2.05) is 35.2 Å². The number of nitrogens with one attached hydrogen (secondary N) is 1. The van der Waals surface area contributed by atoms with Gasteiger partial charge in [0.05, 0.1) is 58.7 Å². The molecule has 0 aliphatic rings. The summed E-state index contributed by atoms with van der Waals surface area (Å²) < 4.78 is 82.9. The molecule has 0 aromatic carbocycles. The minimum absolute atomic E-state index is 0.0375. The van der Waals surface area contributed by atoms with Gasteiger partial charge in [0.2, 0.25) is 11.6 Å². The van der Waals surface area contributed by atoms with Crippen LogP contribution in [0, 0.1) is 0 Å². The minimum Gasteiger partial charge on any atom is -0.384 e. The second-order valence-corrected chi connectivity index (χ2v) is 16.4. The van der Waals surface area contributed by atoms with Gasteiger partial charge in [0.25, 0.3) is 0 Å². The Morgan fingerprint density at radius 1 is 0.592 bits per heavy atom. The molecule has 0 aliphatic carbocycles. The first kappa shape index (κ1) is 52.5. The number of alkyl halides is 7. The number of rotatable bonds is 9. The number of hydrogen-bond donors (Lipinski definition) is 2. The first-order chi connectivity index (χ1) is 34.2. The number of hydrogen-bond acceptors (Lipinski definition) is 20. The molecule has 71 heavy (non-hydrogen) atoms. The van der Waals surface area contributed by atoms with Gasteiger partial charge in [-0.2, -0.15) is 36.3 Å². The maximum atomic E-state index is 12.7. The summed E-state index contributed by atoms with van der Waals surface area (Å²) in [5.41, 5.74) is 6.95. The lowest BCUT2D eigenvalue weighted by molar-refractivity contribution is -0.160. The molecule has 0 atom stereocenters. The Bertz CT molecular complexity index is 2940. The molecule has 364 valence electrons. The van der Waals surface area contributed by atoms with E-state index >= 15 is 0 Å². The summed E-state index contributed by atoms with van der Waals surface area (Å²) in [6.45, 7) is 0.416. The fourth-order valence-electron chi connectivity index (χ4n) is 5.04. The highest BCUT2D eigenvalue weighted by atomic mass is 79.9. The van der Waals surface area contributed by atoms with Gasteiger partial charge in [0.15, 0.2) is 5.82 Å². The smallest absolute Gasteiger partial charge is 0.384 e. The Labute approximate surface area is 419 Å². The number of nitrogens with two attached hydrogens (primary N) is 1. The third-order valence-corrected chi connectivity index (χ3v) is 11.4. The van der Waals surface area contributed by atoms with Crippen LogP contribution in [0.25, 0.3) is 21.4 Å². The van der Waals surface area contributed by atoms with Crippen molar-refractivity contribution in [2.75, 3.05) is 16.0 Å². The quantitative estimate of drug-likeness (QED) is 0.101. The third kappa shape index (κ3) is 17.2. The highest BCUT2D eigenvalue weighted by molar-refractivity contribution is 9.08. The molecule has 0 fully saturated rings. The molecule has 10 heterocycles. The van der Waals surface area contributed by atoms with Crippen molar-refractivity contribution in [3.8, 4) is 21.4 Å². The van der Waals surface area contributed by atoms with E-state index in [1.54, 1.807) is 117 Å². The molecular weight excluding hydrogens is 1070 g/mol. The van der Waals surface area contributed by atoms with Crippen LogP contribution in [-0.4, -0.2) is 65.1 Å². The van der Waals surface area contributed by atoms with Crippen LogP contribution in [-0.2, 0) is 24.2 Å². The molecule has 0 aliphatic heterocycles. The van der Waals surface area contributed by atoms with E-state index in [1.165, 1.54) is 28.9 Å². The molecule has 18 nitrogen and oxygen atoms in total. The Morgan fingerprint density at radius 2 is 1.18 bits per heavy atom. The molecule has 0 amide bonds. The van der Waals surface area contributed by atoms with Crippen LogP contribution in [0.15, 0.2) is 163 Å². The van der Waals surface area contributed by atoms with Gasteiger partial charge in [0, 0.05) is 70.9 Å². The summed E-state index contributed by atoms with van der Waals surface area (Å²) in [6.07, 6.45) is 13.5. The normalized spacial score (nSPS) is 10.7. The summed E-state index contributed by atoms with van der Waals surface area (Å²) in [5.74, 6) is -0.923. The second kappa shape index (κ2) is 26.2. The number of nitrogen functional groups attached to an aromatic ring is 1. The van der Waals surface area contributed by atoms with Crippen LogP contribution in [0.2, 0.25) is 5.15 Å². The predicted octanol–water partition coefficient (Wildman–Crippen LogP) is 11.5. The highest BCUT2D eigenvalue weighted by Gasteiger charge is 2.39. The van der Waals surface area contributed by atoms with Crippen LogP contribution in [0.1, 0.15) is 21.5 Å². The average Bonchev–Trinajstić information content (AvgIpc) is 4.24. The number of anilines is 5. The summed E-state index contributed by atoms with van der Waals surface area (Å²) in [5, 5.41) is 10.9. The lowest BCUT2D eigenvalue weighted by Crippen LogP contribution is -2.17. The average molecular weight is 1100 g/mol. The van der Waals surface area contributed by atoms with Gasteiger partial charge >= 0.3 is 24.1 Å².